The molecule has 0 N–H and O–H groups in total. The van der Waals surface area contributed by atoms with E-state index in [1.165, 1.54) is 0 Å². The lowest BCUT2D eigenvalue weighted by Crippen LogP contribution is -3.00. The van der Waals surface area contributed by atoms with Crippen molar-refractivity contribution in [1.29, 1.82) is 0 Å². The largest absolute Gasteiger partial charge is 1.00 e. The van der Waals surface area contributed by atoms with Crippen LogP contribution >= 0.6 is 11.6 Å². The maximum absolute atomic E-state index is 5.68. The van der Waals surface area contributed by atoms with E-state index in [-0.39, 0.29) is 12.4 Å². The zero-order valence-corrected chi connectivity index (χ0v) is 7.32. The molecule has 1 aromatic rings. The molecule has 0 fully saturated rings. The fourth-order valence-corrected chi connectivity index (χ4v) is 0.716. The van der Waals surface area contributed by atoms with Crippen LogP contribution < -0.4 is 17.1 Å². The first-order valence-corrected chi connectivity index (χ1v) is 3.07. The average molecular weight is 179 g/mol. The van der Waals surface area contributed by atoms with Crippen LogP contribution in [0.5, 0.6) is 0 Å². The number of rotatable bonds is 0. The molecule has 4 heteroatoms. The van der Waals surface area contributed by atoms with Crippen LogP contribution in [-0.4, -0.2) is 5.10 Å². The molecule has 0 unspecified atom stereocenters. The summed E-state index contributed by atoms with van der Waals surface area (Å²) in [5.74, 6) is 0. The molecular formula is C6H8Cl2N2. The van der Waals surface area contributed by atoms with E-state index >= 15 is 0 Å². The molecule has 10 heavy (non-hydrogen) atoms. The van der Waals surface area contributed by atoms with Gasteiger partial charge >= 0.3 is 0 Å². The number of aryl methyl sites for hydroxylation is 2. The molecule has 1 rings (SSSR count). The quantitative estimate of drug-likeness (QED) is 0.416. The van der Waals surface area contributed by atoms with E-state index < -0.39 is 0 Å². The molecule has 1 heterocycles. The second-order valence-electron chi connectivity index (χ2n) is 1.92. The van der Waals surface area contributed by atoms with Crippen LogP contribution in [0.1, 0.15) is 5.69 Å². The first kappa shape index (κ1) is 9.66. The van der Waals surface area contributed by atoms with Gasteiger partial charge in [0.05, 0.1) is 0 Å². The van der Waals surface area contributed by atoms with Crippen molar-refractivity contribution in [2.45, 2.75) is 6.92 Å². The van der Waals surface area contributed by atoms with Gasteiger partial charge in [0.1, 0.15) is 5.69 Å². The Labute approximate surface area is 71.2 Å². The van der Waals surface area contributed by atoms with Crippen molar-refractivity contribution in [2.75, 3.05) is 0 Å². The smallest absolute Gasteiger partial charge is 0.300 e. The minimum atomic E-state index is 0. The van der Waals surface area contributed by atoms with Crippen molar-refractivity contribution in [3.63, 3.8) is 0 Å². The Balaban J connectivity index is 0.000000810. The standard InChI is InChI=1S/C6H8ClN2.ClH/c1-5-3-4-6(7)9(2)8-5;/h3-4H,1-2H3;1H/q+1;/p-1. The third kappa shape index (κ3) is 2.12. The minimum Gasteiger partial charge on any atom is -1.00 e. The van der Waals surface area contributed by atoms with Gasteiger partial charge < -0.3 is 12.4 Å². The van der Waals surface area contributed by atoms with Crippen molar-refractivity contribution in [1.82, 2.24) is 5.10 Å². The minimum absolute atomic E-state index is 0. The maximum Gasteiger partial charge on any atom is 0.300 e. The summed E-state index contributed by atoms with van der Waals surface area (Å²) in [7, 11) is 1.81. The highest BCUT2D eigenvalue weighted by atomic mass is 35.5. The van der Waals surface area contributed by atoms with E-state index in [0.717, 1.165) is 5.69 Å². The monoisotopic (exact) mass is 178 g/mol. The van der Waals surface area contributed by atoms with Gasteiger partial charge in [0.25, 0.3) is 5.15 Å². The third-order valence-corrected chi connectivity index (χ3v) is 1.45. The molecule has 0 aliphatic heterocycles. The lowest BCUT2D eigenvalue weighted by atomic mass is 10.4. The van der Waals surface area contributed by atoms with Gasteiger partial charge in [-0.1, -0.05) is 4.68 Å². The second-order valence-corrected chi connectivity index (χ2v) is 2.31. The van der Waals surface area contributed by atoms with E-state index in [2.05, 4.69) is 5.10 Å². The zero-order valence-electron chi connectivity index (χ0n) is 5.81. The van der Waals surface area contributed by atoms with Gasteiger partial charge in [-0.25, -0.2) is 0 Å². The van der Waals surface area contributed by atoms with Crippen LogP contribution in [0.4, 0.5) is 0 Å². The molecule has 0 aliphatic rings. The molecule has 0 radical (unpaired) electrons. The van der Waals surface area contributed by atoms with Crippen LogP contribution in [-0.2, 0) is 7.05 Å². The topological polar surface area (TPSA) is 16.8 Å². The molecule has 0 saturated carbocycles. The van der Waals surface area contributed by atoms with Gasteiger partial charge in [0.15, 0.2) is 7.05 Å². The first-order valence-electron chi connectivity index (χ1n) is 2.69. The molecule has 0 bridgehead atoms. The van der Waals surface area contributed by atoms with Gasteiger partial charge in [0, 0.05) is 6.07 Å². The molecule has 0 atom stereocenters. The Hall–Kier alpha value is -0.340. The Morgan fingerprint density at radius 3 is 2.50 bits per heavy atom. The average Bonchev–Trinajstić information content (AvgIpc) is 1.80. The lowest BCUT2D eigenvalue weighted by molar-refractivity contribution is -0.729. The molecule has 0 aromatic carbocycles. The van der Waals surface area contributed by atoms with Gasteiger partial charge in [-0.2, -0.15) is 0 Å². The van der Waals surface area contributed by atoms with Crippen LogP contribution in [0.25, 0.3) is 0 Å². The normalized spacial score (nSPS) is 8.70. The SMILES string of the molecule is Cc1ccc(Cl)[n+](C)n1.[Cl-]. The highest BCUT2D eigenvalue weighted by Gasteiger charge is 2.01. The zero-order chi connectivity index (χ0) is 6.85. The van der Waals surface area contributed by atoms with E-state index in [9.17, 15) is 0 Å². The molecule has 0 amide bonds. The Bertz CT molecular complexity index is 225. The number of hydrogen-bond acceptors (Lipinski definition) is 1. The van der Waals surface area contributed by atoms with Gasteiger partial charge in [-0.05, 0) is 29.7 Å². The van der Waals surface area contributed by atoms with Gasteiger partial charge in [-0.15, -0.1) is 0 Å². The van der Waals surface area contributed by atoms with Crippen molar-refractivity contribution in [3.8, 4) is 0 Å². The number of hydrogen-bond donors (Lipinski definition) is 0. The molecule has 56 valence electrons. The van der Waals surface area contributed by atoms with Crippen molar-refractivity contribution in [2.24, 2.45) is 7.05 Å². The van der Waals surface area contributed by atoms with E-state index in [0.29, 0.717) is 5.15 Å². The molecular weight excluding hydrogens is 171 g/mol. The van der Waals surface area contributed by atoms with Crippen molar-refractivity contribution >= 4 is 11.6 Å². The van der Waals surface area contributed by atoms with E-state index in [1.807, 2.05) is 26.1 Å². The summed E-state index contributed by atoms with van der Waals surface area (Å²) >= 11 is 5.68. The summed E-state index contributed by atoms with van der Waals surface area (Å²) in [4.78, 5) is 0. The second kappa shape index (κ2) is 3.74. The molecule has 0 aliphatic carbocycles. The number of nitrogens with zero attached hydrogens (tertiary/aromatic N) is 2. The summed E-state index contributed by atoms with van der Waals surface area (Å²) in [6.07, 6.45) is 0. The van der Waals surface area contributed by atoms with Crippen LogP contribution in [0.15, 0.2) is 12.1 Å². The predicted octanol–water partition coefficient (Wildman–Crippen LogP) is -2.13. The summed E-state index contributed by atoms with van der Waals surface area (Å²) in [5, 5.41) is 4.71. The lowest BCUT2D eigenvalue weighted by Gasteiger charge is -1.87. The highest BCUT2D eigenvalue weighted by molar-refractivity contribution is 6.28. The Morgan fingerprint density at radius 1 is 1.50 bits per heavy atom. The number of halogens is 2. The summed E-state index contributed by atoms with van der Waals surface area (Å²) in [6.45, 7) is 1.93. The first-order chi connectivity index (χ1) is 4.20. The van der Waals surface area contributed by atoms with Gasteiger partial charge in [0.2, 0.25) is 0 Å². The highest BCUT2D eigenvalue weighted by Crippen LogP contribution is 1.97. The Morgan fingerprint density at radius 2 is 2.10 bits per heavy atom. The van der Waals surface area contributed by atoms with Crippen LogP contribution in [0.3, 0.4) is 0 Å². The fourth-order valence-electron chi connectivity index (χ4n) is 0.615. The molecule has 1 aromatic heterocycles. The van der Waals surface area contributed by atoms with E-state index in [4.69, 9.17) is 11.6 Å². The van der Waals surface area contributed by atoms with Gasteiger partial charge in [-0.3, -0.25) is 0 Å². The van der Waals surface area contributed by atoms with Crippen LogP contribution in [0, 0.1) is 6.92 Å². The van der Waals surface area contributed by atoms with Crippen LogP contribution in [0.2, 0.25) is 5.15 Å². The van der Waals surface area contributed by atoms with E-state index in [1.54, 1.807) is 4.68 Å². The van der Waals surface area contributed by atoms with Crippen molar-refractivity contribution < 1.29 is 17.1 Å². The third-order valence-electron chi connectivity index (χ3n) is 1.08. The molecule has 0 spiro atoms. The summed E-state index contributed by atoms with van der Waals surface area (Å²) in [6, 6.07) is 3.70. The fraction of sp³-hybridized carbons (Fsp3) is 0.333. The number of aromatic nitrogens is 2. The maximum atomic E-state index is 5.68. The predicted molar refractivity (Wildman–Crippen MR) is 35.2 cm³/mol. The summed E-state index contributed by atoms with van der Waals surface area (Å²) < 4.78 is 1.64. The van der Waals surface area contributed by atoms with Crippen molar-refractivity contribution in [3.05, 3.63) is 23.0 Å². The summed E-state index contributed by atoms with van der Waals surface area (Å²) in [5.41, 5.74) is 0.974. The molecule has 0 saturated heterocycles. The Kier molecular flexibility index (Phi) is 3.61. The molecule has 2 nitrogen and oxygen atoms in total.